The van der Waals surface area contributed by atoms with Gasteiger partial charge in [-0.1, -0.05) is 30.0 Å². The number of carbonyl (C=O) groups excluding carboxylic acids is 2. The largest absolute Gasteiger partial charge is 0.497 e. The minimum atomic E-state index is -0.467. The molecule has 0 saturated heterocycles. The Kier molecular flexibility index (Phi) is 6.83. The molecule has 0 radical (unpaired) electrons. The van der Waals surface area contributed by atoms with Crippen LogP contribution in [0.3, 0.4) is 0 Å². The molecule has 2 aromatic carbocycles. The summed E-state index contributed by atoms with van der Waals surface area (Å²) >= 11 is 1.28. The second-order valence-electron chi connectivity index (χ2n) is 7.53. The van der Waals surface area contributed by atoms with Crippen molar-refractivity contribution in [3.05, 3.63) is 77.1 Å². The summed E-state index contributed by atoms with van der Waals surface area (Å²) in [6, 6.07) is 17.3. The summed E-state index contributed by atoms with van der Waals surface area (Å²) < 4.78 is 12.0. The van der Waals surface area contributed by atoms with E-state index in [1.807, 2.05) is 59.2 Å². The number of ether oxygens (including phenoxy) is 2. The van der Waals surface area contributed by atoms with Crippen molar-refractivity contribution in [2.75, 3.05) is 20.0 Å². The van der Waals surface area contributed by atoms with E-state index in [0.29, 0.717) is 33.5 Å². The van der Waals surface area contributed by atoms with E-state index < -0.39 is 5.97 Å². The van der Waals surface area contributed by atoms with Crippen molar-refractivity contribution in [2.45, 2.75) is 19.0 Å². The van der Waals surface area contributed by atoms with E-state index in [1.54, 1.807) is 21.0 Å². The quantitative estimate of drug-likeness (QED) is 0.224. The van der Waals surface area contributed by atoms with Crippen LogP contribution in [0.2, 0.25) is 0 Å². The molecule has 4 aromatic rings. The number of ketones is 1. The first-order chi connectivity index (χ1) is 16.4. The van der Waals surface area contributed by atoms with Crippen LogP contribution in [-0.2, 0) is 4.74 Å². The van der Waals surface area contributed by atoms with E-state index in [4.69, 9.17) is 9.47 Å². The zero-order valence-electron chi connectivity index (χ0n) is 19.3. The highest BCUT2D eigenvalue weighted by Gasteiger charge is 2.24. The third-order valence-electron chi connectivity index (χ3n) is 5.43. The lowest BCUT2D eigenvalue weighted by atomic mass is 10.1. The molecule has 34 heavy (non-hydrogen) atoms. The van der Waals surface area contributed by atoms with Gasteiger partial charge in [0.15, 0.2) is 16.8 Å². The zero-order valence-corrected chi connectivity index (χ0v) is 20.1. The summed E-state index contributed by atoms with van der Waals surface area (Å²) in [4.78, 5) is 28.1. The standard InChI is InChI=1S/C25H24N4O4S/c1-15-21(24(31)33-4)16(2)26-22(15)20(30)14-34-25-28-27-23(17-10-12-19(32-3)13-11-17)29(25)18-8-6-5-7-9-18/h5-13,26H,14H2,1-4H3. The fraction of sp³-hybridized carbons (Fsp3) is 0.200. The maximum atomic E-state index is 13.0. The first kappa shape index (κ1) is 23.3. The Morgan fingerprint density at radius 3 is 2.35 bits per heavy atom. The van der Waals surface area contributed by atoms with Gasteiger partial charge in [-0.25, -0.2) is 4.79 Å². The van der Waals surface area contributed by atoms with Gasteiger partial charge in [-0.15, -0.1) is 10.2 Å². The normalized spacial score (nSPS) is 10.8. The van der Waals surface area contributed by atoms with Crippen LogP contribution in [0, 0.1) is 13.8 Å². The fourth-order valence-corrected chi connectivity index (χ4v) is 4.56. The predicted octanol–water partition coefficient (Wildman–Crippen LogP) is 4.65. The van der Waals surface area contributed by atoms with Crippen LogP contribution in [0.15, 0.2) is 59.8 Å². The van der Waals surface area contributed by atoms with Crippen LogP contribution in [0.5, 0.6) is 5.75 Å². The molecule has 0 aliphatic heterocycles. The number of para-hydroxylation sites is 1. The number of aromatic amines is 1. The topological polar surface area (TPSA) is 99.1 Å². The molecule has 2 aromatic heterocycles. The Balaban J connectivity index is 1.64. The fourth-order valence-electron chi connectivity index (χ4n) is 3.74. The van der Waals surface area contributed by atoms with Crippen molar-refractivity contribution in [3.63, 3.8) is 0 Å². The number of methoxy groups -OCH3 is 2. The van der Waals surface area contributed by atoms with Crippen LogP contribution < -0.4 is 4.74 Å². The first-order valence-corrected chi connectivity index (χ1v) is 11.5. The molecule has 0 atom stereocenters. The molecule has 9 heteroatoms. The Hall–Kier alpha value is -3.85. The average Bonchev–Trinajstić information content (AvgIpc) is 3.43. The van der Waals surface area contributed by atoms with E-state index in [-0.39, 0.29) is 11.5 Å². The Labute approximate surface area is 201 Å². The summed E-state index contributed by atoms with van der Waals surface area (Å²) in [5, 5.41) is 9.36. The number of aromatic nitrogens is 4. The third kappa shape index (κ3) is 4.47. The molecule has 0 fully saturated rings. The summed E-state index contributed by atoms with van der Waals surface area (Å²) in [5.41, 5.74) is 3.73. The predicted molar refractivity (Wildman–Crippen MR) is 130 cm³/mol. The second-order valence-corrected chi connectivity index (χ2v) is 8.48. The lowest BCUT2D eigenvalue weighted by Gasteiger charge is -2.10. The van der Waals surface area contributed by atoms with E-state index in [2.05, 4.69) is 15.2 Å². The summed E-state index contributed by atoms with van der Waals surface area (Å²) in [5.74, 6) is 0.913. The van der Waals surface area contributed by atoms with Gasteiger partial charge in [-0.2, -0.15) is 0 Å². The Morgan fingerprint density at radius 2 is 1.71 bits per heavy atom. The number of nitrogens with one attached hydrogen (secondary N) is 1. The molecule has 4 rings (SSSR count). The first-order valence-electron chi connectivity index (χ1n) is 10.5. The number of Topliss-reactive ketones (excluding diaryl/α,β-unsaturated/α-hetero) is 1. The van der Waals surface area contributed by atoms with Crippen molar-refractivity contribution in [1.82, 2.24) is 19.7 Å². The van der Waals surface area contributed by atoms with Crippen LogP contribution in [0.1, 0.15) is 32.1 Å². The Bertz CT molecular complexity index is 1330. The molecular weight excluding hydrogens is 452 g/mol. The number of nitrogens with zero attached hydrogens (tertiary/aromatic N) is 3. The van der Waals surface area contributed by atoms with Crippen LogP contribution >= 0.6 is 11.8 Å². The zero-order chi connectivity index (χ0) is 24.2. The van der Waals surface area contributed by atoms with Gasteiger partial charge in [0.2, 0.25) is 0 Å². The van der Waals surface area contributed by atoms with Crippen molar-refractivity contribution in [2.24, 2.45) is 0 Å². The number of benzene rings is 2. The molecule has 0 unspecified atom stereocenters. The van der Waals surface area contributed by atoms with E-state index in [1.165, 1.54) is 18.9 Å². The summed E-state index contributed by atoms with van der Waals surface area (Å²) in [6.07, 6.45) is 0. The molecule has 1 N–H and O–H groups in total. The van der Waals surface area contributed by atoms with Gasteiger partial charge >= 0.3 is 5.97 Å². The number of thioether (sulfide) groups is 1. The van der Waals surface area contributed by atoms with Gasteiger partial charge < -0.3 is 14.5 Å². The van der Waals surface area contributed by atoms with Crippen molar-refractivity contribution < 1.29 is 19.1 Å². The molecule has 2 heterocycles. The highest BCUT2D eigenvalue weighted by molar-refractivity contribution is 7.99. The van der Waals surface area contributed by atoms with Gasteiger partial charge in [0.05, 0.1) is 31.2 Å². The van der Waals surface area contributed by atoms with Crippen LogP contribution in [-0.4, -0.2) is 51.5 Å². The molecule has 0 aliphatic rings. The monoisotopic (exact) mass is 476 g/mol. The van der Waals surface area contributed by atoms with E-state index >= 15 is 0 Å². The number of hydrogen-bond acceptors (Lipinski definition) is 7. The third-order valence-corrected chi connectivity index (χ3v) is 6.36. The van der Waals surface area contributed by atoms with Crippen molar-refractivity contribution >= 4 is 23.5 Å². The maximum absolute atomic E-state index is 13.0. The van der Waals surface area contributed by atoms with Gasteiger partial charge in [0.25, 0.3) is 0 Å². The molecule has 0 aliphatic carbocycles. The van der Waals surface area contributed by atoms with Gasteiger partial charge in [-0.05, 0) is 55.8 Å². The smallest absolute Gasteiger partial charge is 0.339 e. The summed E-state index contributed by atoms with van der Waals surface area (Å²) in [6.45, 7) is 3.48. The van der Waals surface area contributed by atoms with Crippen molar-refractivity contribution in [3.8, 4) is 22.8 Å². The van der Waals surface area contributed by atoms with Crippen LogP contribution in [0.25, 0.3) is 17.1 Å². The lowest BCUT2D eigenvalue weighted by Crippen LogP contribution is -2.08. The average molecular weight is 477 g/mol. The number of aryl methyl sites for hydroxylation is 1. The molecule has 174 valence electrons. The Morgan fingerprint density at radius 1 is 1.00 bits per heavy atom. The molecule has 8 nitrogen and oxygen atoms in total. The number of hydrogen-bond donors (Lipinski definition) is 1. The molecule has 0 saturated carbocycles. The molecule has 0 spiro atoms. The highest BCUT2D eigenvalue weighted by Crippen LogP contribution is 2.30. The van der Waals surface area contributed by atoms with E-state index in [9.17, 15) is 9.59 Å². The van der Waals surface area contributed by atoms with E-state index in [0.717, 1.165) is 17.0 Å². The number of esters is 1. The van der Waals surface area contributed by atoms with Gasteiger partial charge in [0, 0.05) is 16.9 Å². The molecule has 0 amide bonds. The van der Waals surface area contributed by atoms with Crippen LogP contribution in [0.4, 0.5) is 0 Å². The number of H-pyrrole nitrogens is 1. The highest BCUT2D eigenvalue weighted by atomic mass is 32.2. The SMILES string of the molecule is COC(=O)c1c(C)[nH]c(C(=O)CSc2nnc(-c3ccc(OC)cc3)n2-c2ccccc2)c1C. The van der Waals surface area contributed by atoms with Crippen molar-refractivity contribution in [1.29, 1.82) is 0 Å². The second kappa shape index (κ2) is 9.96. The minimum absolute atomic E-state index is 0.120. The molecular formula is C25H24N4O4S. The minimum Gasteiger partial charge on any atom is -0.497 e. The lowest BCUT2D eigenvalue weighted by molar-refractivity contribution is 0.0599. The maximum Gasteiger partial charge on any atom is 0.339 e. The van der Waals surface area contributed by atoms with Gasteiger partial charge in [0.1, 0.15) is 5.75 Å². The summed E-state index contributed by atoms with van der Waals surface area (Å²) in [7, 11) is 2.94. The molecule has 0 bridgehead atoms. The number of rotatable bonds is 8. The van der Waals surface area contributed by atoms with Gasteiger partial charge in [-0.3, -0.25) is 9.36 Å². The number of carbonyl (C=O) groups is 2.